The van der Waals surface area contributed by atoms with Crippen molar-refractivity contribution in [2.45, 2.75) is 26.3 Å². The van der Waals surface area contributed by atoms with E-state index >= 15 is 0 Å². The first-order chi connectivity index (χ1) is 5.75. The highest BCUT2D eigenvalue weighted by Gasteiger charge is 2.32. The van der Waals surface area contributed by atoms with E-state index in [2.05, 4.69) is 22.2 Å². The predicted octanol–water partition coefficient (Wildman–Crippen LogP) is 1.61. The van der Waals surface area contributed by atoms with Crippen molar-refractivity contribution in [2.75, 3.05) is 5.32 Å². The molecule has 1 N–H and O–H groups in total. The van der Waals surface area contributed by atoms with Gasteiger partial charge in [-0.2, -0.15) is 0 Å². The lowest BCUT2D eigenvalue weighted by atomic mass is 10.4. The summed E-state index contributed by atoms with van der Waals surface area (Å²) >= 11 is 0. The standard InChI is InChI=1S/C9H13N3/c1-6-3-8(6)12-9-5-10-4-7(2)11-9/h4-6,8H,3H2,1-2H3,(H,11,12). The average Bonchev–Trinajstić information content (AvgIpc) is 2.66. The van der Waals surface area contributed by atoms with E-state index in [-0.39, 0.29) is 0 Å². The zero-order valence-corrected chi connectivity index (χ0v) is 7.41. The van der Waals surface area contributed by atoms with Crippen molar-refractivity contribution in [1.29, 1.82) is 0 Å². The zero-order chi connectivity index (χ0) is 8.55. The summed E-state index contributed by atoms with van der Waals surface area (Å²) in [6.45, 7) is 4.19. The second kappa shape index (κ2) is 2.73. The van der Waals surface area contributed by atoms with Gasteiger partial charge in [-0.15, -0.1) is 0 Å². The molecule has 2 unspecified atom stereocenters. The van der Waals surface area contributed by atoms with Gasteiger partial charge >= 0.3 is 0 Å². The van der Waals surface area contributed by atoms with E-state index in [1.54, 1.807) is 12.4 Å². The molecule has 12 heavy (non-hydrogen) atoms. The second-order valence-electron chi connectivity index (χ2n) is 3.51. The van der Waals surface area contributed by atoms with Crippen LogP contribution in [0.5, 0.6) is 0 Å². The van der Waals surface area contributed by atoms with E-state index < -0.39 is 0 Å². The Bertz CT molecular complexity index is 285. The summed E-state index contributed by atoms with van der Waals surface area (Å²) in [6.07, 6.45) is 4.80. The maximum absolute atomic E-state index is 4.31. The van der Waals surface area contributed by atoms with Gasteiger partial charge in [-0.05, 0) is 19.3 Å². The lowest BCUT2D eigenvalue weighted by Gasteiger charge is -2.02. The van der Waals surface area contributed by atoms with Crippen molar-refractivity contribution >= 4 is 5.82 Å². The largest absolute Gasteiger partial charge is 0.366 e. The van der Waals surface area contributed by atoms with Gasteiger partial charge < -0.3 is 5.32 Å². The summed E-state index contributed by atoms with van der Waals surface area (Å²) in [5.74, 6) is 1.71. The molecule has 64 valence electrons. The van der Waals surface area contributed by atoms with Crippen LogP contribution in [-0.4, -0.2) is 16.0 Å². The van der Waals surface area contributed by atoms with Crippen molar-refractivity contribution in [3.8, 4) is 0 Å². The molecule has 1 heterocycles. The highest BCUT2D eigenvalue weighted by Crippen LogP contribution is 2.31. The van der Waals surface area contributed by atoms with Crippen molar-refractivity contribution in [2.24, 2.45) is 5.92 Å². The molecule has 3 nitrogen and oxygen atoms in total. The second-order valence-corrected chi connectivity index (χ2v) is 3.51. The molecule has 0 amide bonds. The molecule has 2 rings (SSSR count). The molecule has 0 aromatic carbocycles. The number of nitrogens with one attached hydrogen (secondary N) is 1. The summed E-state index contributed by atoms with van der Waals surface area (Å²) in [7, 11) is 0. The van der Waals surface area contributed by atoms with Crippen LogP contribution in [0.15, 0.2) is 12.4 Å². The van der Waals surface area contributed by atoms with Crippen LogP contribution in [0, 0.1) is 12.8 Å². The van der Waals surface area contributed by atoms with Crippen LogP contribution >= 0.6 is 0 Å². The Labute approximate surface area is 72.2 Å². The number of hydrogen-bond acceptors (Lipinski definition) is 3. The van der Waals surface area contributed by atoms with Crippen LogP contribution in [0.25, 0.3) is 0 Å². The summed E-state index contributed by atoms with van der Waals surface area (Å²) in [5.41, 5.74) is 0.966. The van der Waals surface area contributed by atoms with Crippen LogP contribution in [0.1, 0.15) is 19.0 Å². The highest BCUT2D eigenvalue weighted by atomic mass is 15.1. The van der Waals surface area contributed by atoms with Crippen LogP contribution < -0.4 is 5.32 Å². The molecule has 0 radical (unpaired) electrons. The fraction of sp³-hybridized carbons (Fsp3) is 0.556. The minimum Gasteiger partial charge on any atom is -0.366 e. The molecule has 1 aliphatic carbocycles. The Hall–Kier alpha value is -1.12. The van der Waals surface area contributed by atoms with Gasteiger partial charge in [0, 0.05) is 12.2 Å². The Morgan fingerprint density at radius 2 is 2.25 bits per heavy atom. The molecule has 0 aliphatic heterocycles. The first-order valence-corrected chi connectivity index (χ1v) is 4.31. The van der Waals surface area contributed by atoms with E-state index in [4.69, 9.17) is 0 Å². The third kappa shape index (κ3) is 1.55. The first-order valence-electron chi connectivity index (χ1n) is 4.31. The number of anilines is 1. The van der Waals surface area contributed by atoms with E-state index in [9.17, 15) is 0 Å². The molecule has 1 fully saturated rings. The van der Waals surface area contributed by atoms with E-state index in [1.807, 2.05) is 6.92 Å². The zero-order valence-electron chi connectivity index (χ0n) is 7.41. The van der Waals surface area contributed by atoms with Gasteiger partial charge in [-0.1, -0.05) is 6.92 Å². The Kier molecular flexibility index (Phi) is 1.71. The van der Waals surface area contributed by atoms with Crippen LogP contribution in [0.3, 0.4) is 0 Å². The molecule has 0 spiro atoms. The molecular formula is C9H13N3. The van der Waals surface area contributed by atoms with Crippen LogP contribution in [0.4, 0.5) is 5.82 Å². The average molecular weight is 163 g/mol. The van der Waals surface area contributed by atoms with Gasteiger partial charge in [0.1, 0.15) is 5.82 Å². The topological polar surface area (TPSA) is 37.8 Å². The van der Waals surface area contributed by atoms with E-state index in [1.165, 1.54) is 6.42 Å². The van der Waals surface area contributed by atoms with Gasteiger partial charge in [0.2, 0.25) is 0 Å². The van der Waals surface area contributed by atoms with Crippen molar-refractivity contribution in [3.05, 3.63) is 18.1 Å². The number of aromatic nitrogens is 2. The third-order valence-corrected chi connectivity index (χ3v) is 2.20. The van der Waals surface area contributed by atoms with Crippen molar-refractivity contribution in [3.63, 3.8) is 0 Å². The Morgan fingerprint density at radius 3 is 2.83 bits per heavy atom. The molecule has 2 atom stereocenters. The number of rotatable bonds is 2. The minimum absolute atomic E-state index is 0.626. The summed E-state index contributed by atoms with van der Waals surface area (Å²) < 4.78 is 0. The summed E-state index contributed by atoms with van der Waals surface area (Å²) in [4.78, 5) is 8.38. The van der Waals surface area contributed by atoms with Crippen molar-refractivity contribution in [1.82, 2.24) is 9.97 Å². The van der Waals surface area contributed by atoms with Crippen LogP contribution in [0.2, 0.25) is 0 Å². The molecule has 1 aromatic heterocycles. The third-order valence-electron chi connectivity index (χ3n) is 2.20. The molecule has 1 saturated carbocycles. The van der Waals surface area contributed by atoms with Crippen LogP contribution in [-0.2, 0) is 0 Å². The number of nitrogens with zero attached hydrogens (tertiary/aromatic N) is 2. The summed E-state index contributed by atoms with van der Waals surface area (Å²) in [6, 6.07) is 0.626. The lowest BCUT2D eigenvalue weighted by molar-refractivity contribution is 0.919. The fourth-order valence-corrected chi connectivity index (χ4v) is 1.25. The maximum atomic E-state index is 4.31. The summed E-state index contributed by atoms with van der Waals surface area (Å²) in [5, 5.41) is 3.33. The quantitative estimate of drug-likeness (QED) is 0.719. The Balaban J connectivity index is 2.03. The molecule has 0 saturated heterocycles. The molecule has 1 aromatic rings. The van der Waals surface area contributed by atoms with Gasteiger partial charge in [0.25, 0.3) is 0 Å². The fourth-order valence-electron chi connectivity index (χ4n) is 1.25. The lowest BCUT2D eigenvalue weighted by Crippen LogP contribution is -2.05. The minimum atomic E-state index is 0.626. The monoisotopic (exact) mass is 163 g/mol. The van der Waals surface area contributed by atoms with Gasteiger partial charge in [0.05, 0.1) is 11.9 Å². The molecule has 1 aliphatic rings. The highest BCUT2D eigenvalue weighted by molar-refractivity contribution is 5.35. The predicted molar refractivity (Wildman–Crippen MR) is 48.0 cm³/mol. The SMILES string of the molecule is Cc1cncc(NC2CC2C)n1. The van der Waals surface area contributed by atoms with Gasteiger partial charge in [0.15, 0.2) is 0 Å². The van der Waals surface area contributed by atoms with Gasteiger partial charge in [-0.3, -0.25) is 4.98 Å². The van der Waals surface area contributed by atoms with Gasteiger partial charge in [-0.25, -0.2) is 4.98 Å². The molecule has 3 heteroatoms. The van der Waals surface area contributed by atoms with E-state index in [0.29, 0.717) is 6.04 Å². The Morgan fingerprint density at radius 1 is 1.50 bits per heavy atom. The number of hydrogen-bond donors (Lipinski definition) is 1. The molecular weight excluding hydrogens is 150 g/mol. The van der Waals surface area contributed by atoms with Crippen molar-refractivity contribution < 1.29 is 0 Å². The van der Waals surface area contributed by atoms with E-state index in [0.717, 1.165) is 17.4 Å². The maximum Gasteiger partial charge on any atom is 0.145 e. The first kappa shape index (κ1) is 7.53. The number of aryl methyl sites for hydroxylation is 1. The smallest absolute Gasteiger partial charge is 0.145 e. The molecule has 0 bridgehead atoms. The normalized spacial score (nSPS) is 26.8.